The molecule has 1 aliphatic rings. The molecule has 0 saturated heterocycles. The minimum atomic E-state index is -3.63. The van der Waals surface area contributed by atoms with Crippen LogP contribution in [-0.2, 0) is 17.1 Å². The molecule has 7 heteroatoms. The van der Waals surface area contributed by atoms with Gasteiger partial charge in [0.2, 0.25) is 10.0 Å². The quantitative estimate of drug-likeness (QED) is 0.930. The van der Waals surface area contributed by atoms with Gasteiger partial charge in [0.15, 0.2) is 5.58 Å². The topological polar surface area (TPSA) is 81.3 Å². The van der Waals surface area contributed by atoms with Gasteiger partial charge in [-0.05, 0) is 30.4 Å². The third-order valence-electron chi connectivity index (χ3n) is 5.09. The Balaban J connectivity index is 1.91. The van der Waals surface area contributed by atoms with Crippen LogP contribution in [0.15, 0.2) is 32.3 Å². The fraction of sp³-hybridized carbons (Fsp3) is 0.562. The van der Waals surface area contributed by atoms with E-state index in [0.717, 1.165) is 19.3 Å². The highest BCUT2D eigenvalue weighted by atomic mass is 32.2. The molecule has 0 radical (unpaired) electrons. The van der Waals surface area contributed by atoms with Gasteiger partial charge < -0.3 is 4.42 Å². The van der Waals surface area contributed by atoms with Gasteiger partial charge in [-0.1, -0.05) is 26.7 Å². The van der Waals surface area contributed by atoms with Gasteiger partial charge in [0.1, 0.15) is 0 Å². The monoisotopic (exact) mass is 338 g/mol. The number of hydrogen-bond acceptors (Lipinski definition) is 4. The standard InChI is InChI=1S/C16H22N2O4S/c1-10-5-4-6-13(11(10)2)17-23(20,21)12-7-8-14-15(9-12)22-16(19)18(14)3/h7-11,13,17H,4-6H2,1-3H3. The molecule has 0 bridgehead atoms. The molecule has 3 unspecified atom stereocenters. The second-order valence-electron chi connectivity index (χ2n) is 6.55. The second kappa shape index (κ2) is 5.79. The molecule has 6 nitrogen and oxygen atoms in total. The van der Waals surface area contributed by atoms with Crippen molar-refractivity contribution >= 4 is 21.1 Å². The molecule has 0 amide bonds. The lowest BCUT2D eigenvalue weighted by Gasteiger charge is -2.34. The summed E-state index contributed by atoms with van der Waals surface area (Å²) in [5.74, 6) is 0.306. The van der Waals surface area contributed by atoms with E-state index >= 15 is 0 Å². The van der Waals surface area contributed by atoms with Crippen LogP contribution in [0.1, 0.15) is 33.1 Å². The fourth-order valence-electron chi connectivity index (χ4n) is 3.30. The summed E-state index contributed by atoms with van der Waals surface area (Å²) in [5.41, 5.74) is 0.860. The van der Waals surface area contributed by atoms with Crippen molar-refractivity contribution in [3.05, 3.63) is 28.7 Å². The van der Waals surface area contributed by atoms with Crippen molar-refractivity contribution in [2.24, 2.45) is 18.9 Å². The number of benzene rings is 1. The van der Waals surface area contributed by atoms with Crippen LogP contribution in [0.25, 0.3) is 11.1 Å². The van der Waals surface area contributed by atoms with Crippen LogP contribution >= 0.6 is 0 Å². The third-order valence-corrected chi connectivity index (χ3v) is 6.58. The Bertz CT molecular complexity index is 881. The Morgan fingerprint density at radius 2 is 2.00 bits per heavy atom. The first-order valence-electron chi connectivity index (χ1n) is 7.91. The molecule has 1 aromatic heterocycles. The molecular weight excluding hydrogens is 316 g/mol. The van der Waals surface area contributed by atoms with E-state index < -0.39 is 15.8 Å². The lowest BCUT2D eigenvalue weighted by Crippen LogP contribution is -2.43. The highest BCUT2D eigenvalue weighted by molar-refractivity contribution is 7.89. The van der Waals surface area contributed by atoms with Crippen LogP contribution in [0.4, 0.5) is 0 Å². The number of nitrogens with one attached hydrogen (secondary N) is 1. The molecule has 3 atom stereocenters. The average molecular weight is 338 g/mol. The fourth-order valence-corrected chi connectivity index (χ4v) is 4.67. The number of hydrogen-bond donors (Lipinski definition) is 1. The first-order valence-corrected chi connectivity index (χ1v) is 9.40. The number of nitrogens with zero attached hydrogens (tertiary/aromatic N) is 1. The lowest BCUT2D eigenvalue weighted by molar-refractivity contribution is 0.227. The van der Waals surface area contributed by atoms with Gasteiger partial charge in [-0.25, -0.2) is 17.9 Å². The number of oxazole rings is 1. The smallest absolute Gasteiger partial charge is 0.408 e. The van der Waals surface area contributed by atoms with Gasteiger partial charge in [0.05, 0.1) is 10.4 Å². The van der Waals surface area contributed by atoms with Gasteiger partial charge in [-0.15, -0.1) is 0 Å². The molecule has 2 aromatic rings. The molecule has 0 aliphatic heterocycles. The largest absolute Gasteiger partial charge is 0.419 e. The van der Waals surface area contributed by atoms with Gasteiger partial charge in [0, 0.05) is 19.2 Å². The molecule has 1 saturated carbocycles. The maximum Gasteiger partial charge on any atom is 0.419 e. The van der Waals surface area contributed by atoms with E-state index in [0.29, 0.717) is 17.4 Å². The molecule has 1 aromatic carbocycles. The van der Waals surface area contributed by atoms with Crippen molar-refractivity contribution in [2.45, 2.75) is 44.0 Å². The minimum absolute atomic E-state index is 0.0535. The zero-order valence-corrected chi connectivity index (χ0v) is 14.4. The molecule has 1 fully saturated rings. The van der Waals surface area contributed by atoms with Crippen LogP contribution in [0.3, 0.4) is 0 Å². The van der Waals surface area contributed by atoms with E-state index in [1.807, 2.05) is 0 Å². The third kappa shape index (κ3) is 2.95. The Hall–Kier alpha value is -1.60. The van der Waals surface area contributed by atoms with E-state index in [4.69, 9.17) is 4.42 Å². The molecule has 1 N–H and O–H groups in total. The van der Waals surface area contributed by atoms with Crippen molar-refractivity contribution in [3.8, 4) is 0 Å². The summed E-state index contributed by atoms with van der Waals surface area (Å²) in [4.78, 5) is 11.7. The van der Waals surface area contributed by atoms with Crippen LogP contribution in [0, 0.1) is 11.8 Å². The van der Waals surface area contributed by atoms with E-state index in [1.54, 1.807) is 13.1 Å². The summed E-state index contributed by atoms with van der Waals surface area (Å²) in [6.45, 7) is 4.26. The first kappa shape index (κ1) is 16.3. The SMILES string of the molecule is CC1CCCC(NS(=O)(=O)c2ccc3c(c2)oc(=O)n3C)C1C. The molecule has 0 spiro atoms. The number of fused-ring (bicyclic) bond motifs is 1. The van der Waals surface area contributed by atoms with Crippen LogP contribution in [0.2, 0.25) is 0 Å². The Kier molecular flexibility index (Phi) is 4.10. The number of rotatable bonds is 3. The molecule has 1 heterocycles. The zero-order valence-electron chi connectivity index (χ0n) is 13.6. The maximum absolute atomic E-state index is 12.7. The van der Waals surface area contributed by atoms with Crippen molar-refractivity contribution in [1.82, 2.24) is 9.29 Å². The number of aryl methyl sites for hydroxylation is 1. The zero-order chi connectivity index (χ0) is 16.8. The second-order valence-corrected chi connectivity index (χ2v) is 8.27. The van der Waals surface area contributed by atoms with Gasteiger partial charge in [-0.3, -0.25) is 4.57 Å². The lowest BCUT2D eigenvalue weighted by atomic mass is 9.78. The highest BCUT2D eigenvalue weighted by Gasteiger charge is 2.31. The van der Waals surface area contributed by atoms with Crippen molar-refractivity contribution < 1.29 is 12.8 Å². The predicted octanol–water partition coefficient (Wildman–Crippen LogP) is 2.23. The molecular formula is C16H22N2O4S. The summed E-state index contributed by atoms with van der Waals surface area (Å²) in [6.07, 6.45) is 3.03. The maximum atomic E-state index is 12.7. The van der Waals surface area contributed by atoms with Crippen LogP contribution in [-0.4, -0.2) is 19.0 Å². The molecule has 23 heavy (non-hydrogen) atoms. The minimum Gasteiger partial charge on any atom is -0.408 e. The number of sulfonamides is 1. The van der Waals surface area contributed by atoms with Crippen molar-refractivity contribution in [3.63, 3.8) is 0 Å². The summed E-state index contributed by atoms with van der Waals surface area (Å²) in [6, 6.07) is 4.47. The summed E-state index contributed by atoms with van der Waals surface area (Å²) in [5, 5.41) is 0. The first-order chi connectivity index (χ1) is 10.8. The normalized spacial score (nSPS) is 25.8. The van der Waals surface area contributed by atoms with E-state index in [2.05, 4.69) is 18.6 Å². The molecule has 1 aliphatic carbocycles. The van der Waals surface area contributed by atoms with Crippen LogP contribution in [0.5, 0.6) is 0 Å². The molecule has 126 valence electrons. The van der Waals surface area contributed by atoms with Gasteiger partial charge in [0.25, 0.3) is 0 Å². The predicted molar refractivity (Wildman–Crippen MR) is 87.7 cm³/mol. The summed E-state index contributed by atoms with van der Waals surface area (Å²) < 4.78 is 34.6. The van der Waals surface area contributed by atoms with E-state index in [1.165, 1.54) is 16.7 Å². The van der Waals surface area contributed by atoms with Crippen molar-refractivity contribution in [2.75, 3.05) is 0 Å². The van der Waals surface area contributed by atoms with Crippen molar-refractivity contribution in [1.29, 1.82) is 0 Å². The van der Waals surface area contributed by atoms with Crippen LogP contribution < -0.4 is 10.5 Å². The van der Waals surface area contributed by atoms with Gasteiger partial charge in [-0.2, -0.15) is 0 Å². The Morgan fingerprint density at radius 3 is 2.74 bits per heavy atom. The highest BCUT2D eigenvalue weighted by Crippen LogP contribution is 2.30. The summed E-state index contributed by atoms with van der Waals surface area (Å²) in [7, 11) is -2.04. The van der Waals surface area contributed by atoms with E-state index in [-0.39, 0.29) is 16.5 Å². The van der Waals surface area contributed by atoms with E-state index in [9.17, 15) is 13.2 Å². The summed E-state index contributed by atoms with van der Waals surface area (Å²) >= 11 is 0. The number of aromatic nitrogens is 1. The Labute approximate surface area is 135 Å². The Morgan fingerprint density at radius 1 is 1.26 bits per heavy atom. The van der Waals surface area contributed by atoms with Gasteiger partial charge >= 0.3 is 5.76 Å². The average Bonchev–Trinajstić information content (AvgIpc) is 2.78. The molecule has 3 rings (SSSR count).